The van der Waals surface area contributed by atoms with E-state index in [9.17, 15) is 8.42 Å². The number of thiazole rings is 1. The van der Waals surface area contributed by atoms with E-state index in [1.807, 2.05) is 18.4 Å². The predicted octanol–water partition coefficient (Wildman–Crippen LogP) is 2.29. The molecule has 2 N–H and O–H groups in total. The molecule has 0 amide bonds. The Morgan fingerprint density at radius 3 is 3.05 bits per heavy atom. The largest absolute Gasteiger partial charge is 0.385 e. The first-order chi connectivity index (χ1) is 10.0. The monoisotopic (exact) mass is 323 g/mol. The highest BCUT2D eigenvalue weighted by atomic mass is 32.2. The highest BCUT2D eigenvalue weighted by Crippen LogP contribution is 2.25. The summed E-state index contributed by atoms with van der Waals surface area (Å²) in [7, 11) is -3.49. The van der Waals surface area contributed by atoms with Crippen LogP contribution < -0.4 is 10.0 Å². The summed E-state index contributed by atoms with van der Waals surface area (Å²) in [5.74, 6) is 0. The van der Waals surface area contributed by atoms with Gasteiger partial charge < -0.3 is 5.32 Å². The van der Waals surface area contributed by atoms with Crippen LogP contribution in [-0.4, -0.2) is 19.9 Å². The molecular weight excluding hydrogens is 306 g/mol. The fraction of sp³-hybridized carbons (Fsp3) is 0.357. The second-order valence-electron chi connectivity index (χ2n) is 5.06. The number of hydrogen-bond donors (Lipinski definition) is 2. The minimum absolute atomic E-state index is 0.232. The van der Waals surface area contributed by atoms with Gasteiger partial charge in [-0.05, 0) is 43.5 Å². The van der Waals surface area contributed by atoms with Gasteiger partial charge in [-0.2, -0.15) is 0 Å². The fourth-order valence-electron chi connectivity index (χ4n) is 2.34. The quantitative estimate of drug-likeness (QED) is 0.905. The molecule has 1 aliphatic heterocycles. The topological polar surface area (TPSA) is 71.1 Å². The maximum absolute atomic E-state index is 12.3. The molecule has 3 rings (SSSR count). The molecule has 0 saturated heterocycles. The van der Waals surface area contributed by atoms with E-state index < -0.39 is 10.0 Å². The third-order valence-electron chi connectivity index (χ3n) is 3.41. The standard InChI is InChI=1S/C14H17N3O2S2/c1-10-9-20-14(17-10)8-16-21(18,19)12-4-5-13-11(7-12)3-2-6-15-13/h4-5,7,9,15-16H,2-3,6,8H2,1H3. The molecule has 0 spiro atoms. The van der Waals surface area contributed by atoms with Crippen LogP contribution in [0.3, 0.4) is 0 Å². The number of rotatable bonds is 4. The first-order valence-corrected chi connectivity index (χ1v) is 9.18. The van der Waals surface area contributed by atoms with Crippen molar-refractivity contribution in [2.45, 2.75) is 31.2 Å². The van der Waals surface area contributed by atoms with Gasteiger partial charge >= 0.3 is 0 Å². The van der Waals surface area contributed by atoms with Crippen LogP contribution in [0.4, 0.5) is 5.69 Å². The zero-order valence-corrected chi connectivity index (χ0v) is 13.4. The van der Waals surface area contributed by atoms with E-state index in [0.29, 0.717) is 4.90 Å². The number of fused-ring (bicyclic) bond motifs is 1. The van der Waals surface area contributed by atoms with E-state index in [4.69, 9.17) is 0 Å². The van der Waals surface area contributed by atoms with E-state index in [1.165, 1.54) is 11.3 Å². The van der Waals surface area contributed by atoms with Crippen LogP contribution in [0, 0.1) is 6.92 Å². The lowest BCUT2D eigenvalue weighted by Crippen LogP contribution is -2.23. The van der Waals surface area contributed by atoms with Crippen LogP contribution >= 0.6 is 11.3 Å². The lowest BCUT2D eigenvalue weighted by molar-refractivity contribution is 0.581. The molecule has 0 bridgehead atoms. The van der Waals surface area contributed by atoms with Gasteiger partial charge in [-0.1, -0.05) is 0 Å². The Morgan fingerprint density at radius 2 is 2.29 bits per heavy atom. The molecule has 1 aromatic carbocycles. The number of aromatic nitrogens is 1. The molecule has 0 fully saturated rings. The third-order valence-corrected chi connectivity index (χ3v) is 5.77. The number of anilines is 1. The van der Waals surface area contributed by atoms with Gasteiger partial charge in [0, 0.05) is 23.3 Å². The maximum atomic E-state index is 12.3. The van der Waals surface area contributed by atoms with Crippen molar-refractivity contribution in [2.24, 2.45) is 0 Å². The highest BCUT2D eigenvalue weighted by Gasteiger charge is 2.17. The molecule has 0 saturated carbocycles. The Balaban J connectivity index is 1.78. The molecule has 112 valence electrons. The summed E-state index contributed by atoms with van der Waals surface area (Å²) in [6.07, 6.45) is 1.94. The normalized spacial score (nSPS) is 14.5. The van der Waals surface area contributed by atoms with Crippen LogP contribution in [-0.2, 0) is 23.0 Å². The second-order valence-corrected chi connectivity index (χ2v) is 7.77. The molecule has 0 atom stereocenters. The Bertz CT molecular complexity index is 753. The van der Waals surface area contributed by atoms with Gasteiger partial charge in [0.25, 0.3) is 0 Å². The van der Waals surface area contributed by atoms with Gasteiger partial charge in [-0.25, -0.2) is 18.1 Å². The number of nitrogens with one attached hydrogen (secondary N) is 2. The van der Waals surface area contributed by atoms with E-state index in [0.717, 1.165) is 41.3 Å². The molecule has 5 nitrogen and oxygen atoms in total. The van der Waals surface area contributed by atoms with E-state index in [2.05, 4.69) is 15.0 Å². The minimum Gasteiger partial charge on any atom is -0.385 e. The van der Waals surface area contributed by atoms with E-state index >= 15 is 0 Å². The van der Waals surface area contributed by atoms with Crippen molar-refractivity contribution in [3.05, 3.63) is 39.8 Å². The Morgan fingerprint density at radius 1 is 1.43 bits per heavy atom. The molecule has 2 heterocycles. The summed E-state index contributed by atoms with van der Waals surface area (Å²) in [6, 6.07) is 5.25. The summed E-state index contributed by atoms with van der Waals surface area (Å²) in [5, 5.41) is 5.96. The Labute approximate surface area is 128 Å². The third kappa shape index (κ3) is 3.25. The Hall–Kier alpha value is -1.44. The summed E-state index contributed by atoms with van der Waals surface area (Å²) in [4.78, 5) is 4.58. The van der Waals surface area contributed by atoms with Gasteiger partial charge in [0.1, 0.15) is 5.01 Å². The van der Waals surface area contributed by atoms with Crippen molar-refractivity contribution < 1.29 is 8.42 Å². The summed E-state index contributed by atoms with van der Waals surface area (Å²) >= 11 is 1.46. The van der Waals surface area contributed by atoms with Crippen molar-refractivity contribution in [2.75, 3.05) is 11.9 Å². The van der Waals surface area contributed by atoms with Crippen LogP contribution in [0.2, 0.25) is 0 Å². The van der Waals surface area contributed by atoms with Gasteiger partial charge in [0.15, 0.2) is 0 Å². The summed E-state index contributed by atoms with van der Waals surface area (Å²) < 4.78 is 27.3. The van der Waals surface area contributed by atoms with Gasteiger partial charge in [-0.3, -0.25) is 0 Å². The number of aryl methyl sites for hydroxylation is 2. The highest BCUT2D eigenvalue weighted by molar-refractivity contribution is 7.89. The minimum atomic E-state index is -3.49. The lowest BCUT2D eigenvalue weighted by Gasteiger charge is -2.18. The molecule has 7 heteroatoms. The van der Waals surface area contributed by atoms with Gasteiger partial charge in [0.05, 0.1) is 11.4 Å². The summed E-state index contributed by atoms with van der Waals surface area (Å²) in [5.41, 5.74) is 3.01. The van der Waals surface area contributed by atoms with E-state index in [1.54, 1.807) is 12.1 Å². The molecule has 1 aromatic heterocycles. The average molecular weight is 323 g/mol. The summed E-state index contributed by atoms with van der Waals surface area (Å²) in [6.45, 7) is 3.07. The zero-order valence-electron chi connectivity index (χ0n) is 11.7. The van der Waals surface area contributed by atoms with Crippen molar-refractivity contribution in [1.82, 2.24) is 9.71 Å². The number of sulfonamides is 1. The molecule has 0 radical (unpaired) electrons. The van der Waals surface area contributed by atoms with Gasteiger partial charge in [-0.15, -0.1) is 11.3 Å². The SMILES string of the molecule is Cc1csc(CNS(=O)(=O)c2ccc3c(c2)CCCN3)n1. The van der Waals surface area contributed by atoms with E-state index in [-0.39, 0.29) is 6.54 Å². The smallest absolute Gasteiger partial charge is 0.240 e. The van der Waals surface area contributed by atoms with Crippen molar-refractivity contribution >= 4 is 27.0 Å². The molecule has 2 aromatic rings. The van der Waals surface area contributed by atoms with Gasteiger partial charge in [0.2, 0.25) is 10.0 Å². The molecular formula is C14H17N3O2S2. The maximum Gasteiger partial charge on any atom is 0.240 e. The number of hydrogen-bond acceptors (Lipinski definition) is 5. The average Bonchev–Trinajstić information content (AvgIpc) is 2.90. The van der Waals surface area contributed by atoms with Crippen molar-refractivity contribution in [1.29, 1.82) is 0 Å². The lowest BCUT2D eigenvalue weighted by atomic mass is 10.0. The first kappa shape index (κ1) is 14.5. The number of benzene rings is 1. The number of nitrogens with zero attached hydrogens (tertiary/aromatic N) is 1. The molecule has 21 heavy (non-hydrogen) atoms. The van der Waals surface area contributed by atoms with Crippen molar-refractivity contribution in [3.63, 3.8) is 0 Å². The molecule has 0 unspecified atom stereocenters. The van der Waals surface area contributed by atoms with Crippen LogP contribution in [0.15, 0.2) is 28.5 Å². The first-order valence-electron chi connectivity index (χ1n) is 6.82. The fourth-order valence-corrected chi connectivity index (χ4v) is 4.18. The second kappa shape index (κ2) is 5.75. The van der Waals surface area contributed by atoms with Crippen LogP contribution in [0.5, 0.6) is 0 Å². The van der Waals surface area contributed by atoms with Crippen LogP contribution in [0.25, 0.3) is 0 Å². The zero-order chi connectivity index (χ0) is 14.9. The predicted molar refractivity (Wildman–Crippen MR) is 84.1 cm³/mol. The molecule has 0 aliphatic carbocycles. The Kier molecular flexibility index (Phi) is 3.97. The van der Waals surface area contributed by atoms with Crippen LogP contribution in [0.1, 0.15) is 22.7 Å². The van der Waals surface area contributed by atoms with Crippen molar-refractivity contribution in [3.8, 4) is 0 Å². The molecule has 1 aliphatic rings.